The normalized spacial score (nSPS) is 10.8. The summed E-state index contributed by atoms with van der Waals surface area (Å²) in [7, 11) is 1.39. The van der Waals surface area contributed by atoms with E-state index in [1.54, 1.807) is 43.3 Å². The van der Waals surface area contributed by atoms with E-state index in [2.05, 4.69) is 0 Å². The molecule has 0 bridgehead atoms. The number of benzene rings is 2. The zero-order chi connectivity index (χ0) is 15.4. The second-order valence-electron chi connectivity index (χ2n) is 4.58. The molecule has 0 aromatic heterocycles. The number of aromatic hydroxyl groups is 2. The molecule has 0 heterocycles. The fourth-order valence-electron chi connectivity index (χ4n) is 2.00. The fourth-order valence-corrected chi connectivity index (χ4v) is 2.00. The Hall–Kier alpha value is -2.75. The number of carbonyl (C=O) groups is 1. The minimum Gasteiger partial charge on any atom is -0.504 e. The Balaban J connectivity index is 2.35. The van der Waals surface area contributed by atoms with E-state index >= 15 is 0 Å². The maximum absolute atomic E-state index is 12.0. The van der Waals surface area contributed by atoms with Gasteiger partial charge in [0.15, 0.2) is 17.3 Å². The molecule has 0 amide bonds. The van der Waals surface area contributed by atoms with Gasteiger partial charge < -0.3 is 14.9 Å². The maximum atomic E-state index is 12.0. The number of hydrogen-bond donors (Lipinski definition) is 2. The van der Waals surface area contributed by atoms with Crippen LogP contribution in [0.15, 0.2) is 42.5 Å². The number of methoxy groups -OCH3 is 1. The van der Waals surface area contributed by atoms with Crippen LogP contribution in [0, 0.1) is 6.92 Å². The van der Waals surface area contributed by atoms with Crippen LogP contribution in [0.2, 0.25) is 0 Å². The highest BCUT2D eigenvalue weighted by Crippen LogP contribution is 2.41. The summed E-state index contributed by atoms with van der Waals surface area (Å²) >= 11 is 0. The van der Waals surface area contributed by atoms with Crippen LogP contribution < -0.4 is 4.74 Å². The van der Waals surface area contributed by atoms with Gasteiger partial charge in [-0.15, -0.1) is 0 Å². The molecule has 108 valence electrons. The summed E-state index contributed by atoms with van der Waals surface area (Å²) in [4.78, 5) is 12.0. The number of phenolic OH excluding ortho intramolecular Hbond substituents is 2. The summed E-state index contributed by atoms with van der Waals surface area (Å²) in [6.07, 6.45) is 2.96. The quantitative estimate of drug-likeness (QED) is 0.513. The third-order valence-corrected chi connectivity index (χ3v) is 3.12. The third-order valence-electron chi connectivity index (χ3n) is 3.12. The molecular weight excluding hydrogens is 268 g/mol. The summed E-state index contributed by atoms with van der Waals surface area (Å²) in [6.45, 7) is 1.66. The minimum atomic E-state index is -0.329. The van der Waals surface area contributed by atoms with Crippen molar-refractivity contribution in [3.63, 3.8) is 0 Å². The van der Waals surface area contributed by atoms with Gasteiger partial charge in [-0.2, -0.15) is 0 Å². The molecule has 2 N–H and O–H groups in total. The number of aryl methyl sites for hydroxylation is 1. The second kappa shape index (κ2) is 6.13. The molecular formula is C17H16O4. The fraction of sp³-hybridized carbons (Fsp3) is 0.118. The van der Waals surface area contributed by atoms with E-state index in [-0.39, 0.29) is 23.0 Å². The molecule has 0 aliphatic carbocycles. The van der Waals surface area contributed by atoms with Gasteiger partial charge >= 0.3 is 0 Å². The van der Waals surface area contributed by atoms with Crippen molar-refractivity contribution in [3.8, 4) is 17.2 Å². The molecule has 0 atom stereocenters. The van der Waals surface area contributed by atoms with Gasteiger partial charge in [0, 0.05) is 11.1 Å². The van der Waals surface area contributed by atoms with Crippen molar-refractivity contribution in [2.45, 2.75) is 6.92 Å². The molecule has 4 nitrogen and oxygen atoms in total. The summed E-state index contributed by atoms with van der Waals surface area (Å²) in [6, 6.07) is 10.5. The molecule has 0 saturated carbocycles. The number of ether oxygens (including phenoxy) is 1. The average molecular weight is 284 g/mol. The predicted molar refractivity (Wildman–Crippen MR) is 80.9 cm³/mol. The van der Waals surface area contributed by atoms with Crippen LogP contribution >= 0.6 is 0 Å². The van der Waals surface area contributed by atoms with E-state index in [0.29, 0.717) is 16.7 Å². The van der Waals surface area contributed by atoms with Gasteiger partial charge in [0.25, 0.3) is 0 Å². The molecule has 0 spiro atoms. The lowest BCUT2D eigenvalue weighted by Crippen LogP contribution is -1.94. The Morgan fingerprint density at radius 1 is 1.14 bits per heavy atom. The highest BCUT2D eigenvalue weighted by molar-refractivity contribution is 6.07. The summed E-state index contributed by atoms with van der Waals surface area (Å²) < 4.78 is 5.08. The molecule has 0 radical (unpaired) electrons. The number of ketones is 1. The first-order chi connectivity index (χ1) is 10.0. The highest BCUT2D eigenvalue weighted by atomic mass is 16.5. The standard InChI is InChI=1S/C17H16O4/c1-11-10-13(17(21-2)16(20)15(11)19)8-9-14(18)12-6-4-3-5-7-12/h3-10,19-20H,1-2H3. The third kappa shape index (κ3) is 3.05. The Bertz CT molecular complexity index is 688. The number of allylic oxidation sites excluding steroid dienone is 1. The van der Waals surface area contributed by atoms with Gasteiger partial charge in [-0.3, -0.25) is 4.79 Å². The van der Waals surface area contributed by atoms with Gasteiger partial charge in [0.1, 0.15) is 0 Å². The summed E-state index contributed by atoms with van der Waals surface area (Å²) in [5.74, 6) is -0.569. The van der Waals surface area contributed by atoms with Crippen LogP contribution in [0.1, 0.15) is 21.5 Å². The molecule has 0 fully saturated rings. The van der Waals surface area contributed by atoms with Crippen LogP contribution in [0.3, 0.4) is 0 Å². The molecule has 0 aliphatic heterocycles. The average Bonchev–Trinajstić information content (AvgIpc) is 2.51. The lowest BCUT2D eigenvalue weighted by Gasteiger charge is -2.10. The van der Waals surface area contributed by atoms with E-state index in [1.807, 2.05) is 6.07 Å². The maximum Gasteiger partial charge on any atom is 0.201 e. The van der Waals surface area contributed by atoms with Crippen molar-refractivity contribution in [2.75, 3.05) is 7.11 Å². The second-order valence-corrected chi connectivity index (χ2v) is 4.58. The molecule has 2 rings (SSSR count). The van der Waals surface area contributed by atoms with Crippen molar-refractivity contribution in [1.29, 1.82) is 0 Å². The lowest BCUT2D eigenvalue weighted by atomic mass is 10.1. The first-order valence-corrected chi connectivity index (χ1v) is 6.41. The molecule has 21 heavy (non-hydrogen) atoms. The van der Waals surface area contributed by atoms with Gasteiger partial charge in [-0.05, 0) is 30.7 Å². The Morgan fingerprint density at radius 2 is 1.81 bits per heavy atom. The Labute approximate surface area is 122 Å². The topological polar surface area (TPSA) is 66.8 Å². The van der Waals surface area contributed by atoms with Crippen molar-refractivity contribution in [2.24, 2.45) is 0 Å². The van der Waals surface area contributed by atoms with Gasteiger partial charge in [0.2, 0.25) is 5.75 Å². The Kier molecular flexibility index (Phi) is 4.28. The molecule has 0 aliphatic rings. The number of phenols is 2. The molecule has 0 unspecified atom stereocenters. The van der Waals surface area contributed by atoms with Crippen molar-refractivity contribution in [1.82, 2.24) is 0 Å². The summed E-state index contributed by atoms with van der Waals surface area (Å²) in [5, 5.41) is 19.5. The van der Waals surface area contributed by atoms with Crippen molar-refractivity contribution < 1.29 is 19.7 Å². The monoisotopic (exact) mass is 284 g/mol. The van der Waals surface area contributed by atoms with E-state index in [4.69, 9.17) is 4.74 Å². The lowest BCUT2D eigenvalue weighted by molar-refractivity contribution is 0.104. The van der Waals surface area contributed by atoms with Crippen molar-refractivity contribution in [3.05, 3.63) is 59.2 Å². The number of hydrogen-bond acceptors (Lipinski definition) is 4. The van der Waals surface area contributed by atoms with E-state index < -0.39 is 0 Å². The number of carbonyl (C=O) groups excluding carboxylic acids is 1. The van der Waals surface area contributed by atoms with Crippen LogP contribution in [0.5, 0.6) is 17.2 Å². The van der Waals surface area contributed by atoms with Crippen LogP contribution in [0.25, 0.3) is 6.08 Å². The predicted octanol–water partition coefficient (Wildman–Crippen LogP) is 3.31. The van der Waals surface area contributed by atoms with E-state index in [1.165, 1.54) is 13.2 Å². The smallest absolute Gasteiger partial charge is 0.201 e. The van der Waals surface area contributed by atoms with Crippen molar-refractivity contribution >= 4 is 11.9 Å². The first kappa shape index (κ1) is 14.7. The molecule has 4 heteroatoms. The number of rotatable bonds is 4. The zero-order valence-electron chi connectivity index (χ0n) is 11.8. The largest absolute Gasteiger partial charge is 0.504 e. The van der Waals surface area contributed by atoms with Gasteiger partial charge in [0.05, 0.1) is 7.11 Å². The van der Waals surface area contributed by atoms with Gasteiger partial charge in [-0.25, -0.2) is 0 Å². The molecule has 2 aromatic rings. The minimum absolute atomic E-state index is 0.134. The Morgan fingerprint density at radius 3 is 2.43 bits per heavy atom. The van der Waals surface area contributed by atoms with Crippen LogP contribution in [-0.2, 0) is 0 Å². The highest BCUT2D eigenvalue weighted by Gasteiger charge is 2.14. The summed E-state index contributed by atoms with van der Waals surface area (Å²) in [5.41, 5.74) is 1.60. The first-order valence-electron chi connectivity index (χ1n) is 6.41. The molecule has 0 saturated heterocycles. The van der Waals surface area contributed by atoms with E-state index in [0.717, 1.165) is 0 Å². The zero-order valence-corrected chi connectivity index (χ0v) is 11.8. The van der Waals surface area contributed by atoms with Crippen LogP contribution in [0.4, 0.5) is 0 Å². The SMILES string of the molecule is COc1c(C=CC(=O)c2ccccc2)cc(C)c(O)c1O. The van der Waals surface area contributed by atoms with Gasteiger partial charge in [-0.1, -0.05) is 30.3 Å². The molecule has 2 aromatic carbocycles. The van der Waals surface area contributed by atoms with Crippen LogP contribution in [-0.4, -0.2) is 23.1 Å². The van der Waals surface area contributed by atoms with E-state index in [9.17, 15) is 15.0 Å².